The molecule has 0 aliphatic heterocycles. The molecule has 140 valence electrons. The largest absolute Gasteiger partial charge is 0.493 e. The first-order valence-corrected chi connectivity index (χ1v) is 9.37. The molecule has 5 fully saturated rings. The predicted molar refractivity (Wildman–Crippen MR) is 87.1 cm³/mol. The molecule has 26 heavy (non-hydrogen) atoms. The van der Waals surface area contributed by atoms with Gasteiger partial charge in [0, 0.05) is 23.3 Å². The van der Waals surface area contributed by atoms with Gasteiger partial charge in [0.1, 0.15) is 11.6 Å². The number of benzene rings is 1. The van der Waals surface area contributed by atoms with Crippen LogP contribution in [0.1, 0.15) is 60.4 Å². The van der Waals surface area contributed by atoms with Crippen molar-refractivity contribution >= 4 is 5.97 Å². The molecular weight excluding hydrogens is 345 g/mol. The lowest BCUT2D eigenvalue weighted by Gasteiger charge is -2.32. The minimum atomic E-state index is -2.62. The summed E-state index contributed by atoms with van der Waals surface area (Å²) in [5, 5.41) is 9.14. The fourth-order valence-electron chi connectivity index (χ4n) is 5.92. The van der Waals surface area contributed by atoms with Gasteiger partial charge in [0.05, 0.1) is 12.2 Å². The molecule has 5 saturated carbocycles. The van der Waals surface area contributed by atoms with Crippen LogP contribution < -0.4 is 4.74 Å². The molecule has 4 bridgehead atoms. The summed E-state index contributed by atoms with van der Waals surface area (Å²) in [6.45, 7) is 0.172. The average molecular weight is 366 g/mol. The van der Waals surface area contributed by atoms with E-state index in [2.05, 4.69) is 0 Å². The molecular formula is C20H21F3O3. The third kappa shape index (κ3) is 2.23. The van der Waals surface area contributed by atoms with Crippen molar-refractivity contribution < 1.29 is 27.8 Å². The monoisotopic (exact) mass is 366 g/mol. The first-order valence-electron chi connectivity index (χ1n) is 9.37. The second-order valence-electron chi connectivity index (χ2n) is 8.77. The van der Waals surface area contributed by atoms with Gasteiger partial charge in [-0.05, 0) is 62.0 Å². The van der Waals surface area contributed by atoms with E-state index in [9.17, 15) is 18.0 Å². The smallest absolute Gasteiger partial charge is 0.338 e. The molecule has 0 spiro atoms. The number of hydrogen-bond acceptors (Lipinski definition) is 2. The number of ether oxygens (including phenoxy) is 1. The number of alkyl halides is 2. The second-order valence-corrected chi connectivity index (χ2v) is 8.77. The summed E-state index contributed by atoms with van der Waals surface area (Å²) in [5.41, 5.74) is -0.172. The molecule has 1 aromatic rings. The number of carboxylic acids is 1. The van der Waals surface area contributed by atoms with E-state index >= 15 is 0 Å². The van der Waals surface area contributed by atoms with E-state index in [1.54, 1.807) is 0 Å². The van der Waals surface area contributed by atoms with Gasteiger partial charge in [0.2, 0.25) is 0 Å². The standard InChI is InChI=1S/C20H21F3O3/c21-15-6-16(13(11-1-2-11)5-14(15)18(24)25)26-9-19-7-10-3-12(8-19)20(22,23)17(19)4-10/h5-6,10-12,17H,1-4,7-9H2,(H,24,25). The number of aromatic carboxylic acids is 1. The van der Waals surface area contributed by atoms with Gasteiger partial charge >= 0.3 is 5.97 Å². The quantitative estimate of drug-likeness (QED) is 0.810. The molecule has 0 heterocycles. The van der Waals surface area contributed by atoms with Crippen LogP contribution >= 0.6 is 0 Å². The van der Waals surface area contributed by atoms with Crippen molar-refractivity contribution in [3.05, 3.63) is 29.1 Å². The summed E-state index contributed by atoms with van der Waals surface area (Å²) in [7, 11) is 0. The maximum atomic E-state index is 14.5. The predicted octanol–water partition coefficient (Wildman–Crippen LogP) is 4.85. The zero-order chi connectivity index (χ0) is 18.3. The van der Waals surface area contributed by atoms with Crippen LogP contribution in [0.4, 0.5) is 13.2 Å². The van der Waals surface area contributed by atoms with E-state index in [1.165, 1.54) is 6.07 Å². The lowest BCUT2D eigenvalue weighted by atomic mass is 9.76. The van der Waals surface area contributed by atoms with Gasteiger partial charge in [0.25, 0.3) is 5.92 Å². The molecule has 4 atom stereocenters. The fourth-order valence-corrected chi connectivity index (χ4v) is 5.92. The van der Waals surface area contributed by atoms with E-state index in [1.807, 2.05) is 0 Å². The lowest BCUT2D eigenvalue weighted by molar-refractivity contribution is -0.105. The van der Waals surface area contributed by atoms with Crippen LogP contribution in [0, 0.1) is 29.0 Å². The van der Waals surface area contributed by atoms with Crippen molar-refractivity contribution in [1.82, 2.24) is 0 Å². The lowest BCUT2D eigenvalue weighted by Crippen LogP contribution is -2.36. The van der Waals surface area contributed by atoms with E-state index in [0.717, 1.165) is 25.3 Å². The molecule has 5 aliphatic rings. The highest BCUT2D eigenvalue weighted by atomic mass is 19.3. The van der Waals surface area contributed by atoms with Crippen LogP contribution in [-0.2, 0) is 0 Å². The van der Waals surface area contributed by atoms with Gasteiger partial charge < -0.3 is 9.84 Å². The van der Waals surface area contributed by atoms with Gasteiger partial charge in [-0.2, -0.15) is 0 Å². The van der Waals surface area contributed by atoms with Crippen molar-refractivity contribution in [1.29, 1.82) is 0 Å². The SMILES string of the molecule is O=C(O)c1cc(C2CC2)c(OCC23CC4CC(C2)C(F)(F)C3C4)cc1F. The summed E-state index contributed by atoms with van der Waals surface area (Å²) < 4.78 is 49.2. The molecule has 1 aromatic carbocycles. The maximum absolute atomic E-state index is 14.5. The van der Waals surface area contributed by atoms with Gasteiger partial charge in [-0.25, -0.2) is 18.0 Å². The molecule has 4 unspecified atom stereocenters. The van der Waals surface area contributed by atoms with Crippen LogP contribution in [0.5, 0.6) is 5.75 Å². The third-order valence-electron chi connectivity index (χ3n) is 7.15. The first-order chi connectivity index (χ1) is 12.3. The van der Waals surface area contributed by atoms with Gasteiger partial charge in [0.15, 0.2) is 0 Å². The highest BCUT2D eigenvalue weighted by Gasteiger charge is 2.71. The summed E-state index contributed by atoms with van der Waals surface area (Å²) >= 11 is 0. The minimum Gasteiger partial charge on any atom is -0.493 e. The van der Waals surface area contributed by atoms with Crippen LogP contribution in [0.15, 0.2) is 12.1 Å². The Morgan fingerprint density at radius 1 is 1.23 bits per heavy atom. The molecule has 6 rings (SSSR count). The van der Waals surface area contributed by atoms with Crippen molar-refractivity contribution in [3.8, 4) is 5.75 Å². The number of rotatable bonds is 5. The van der Waals surface area contributed by atoms with Gasteiger partial charge in [-0.1, -0.05) is 0 Å². The molecule has 0 aromatic heterocycles. The van der Waals surface area contributed by atoms with E-state index in [4.69, 9.17) is 9.84 Å². The van der Waals surface area contributed by atoms with Crippen LogP contribution in [0.3, 0.4) is 0 Å². The Morgan fingerprint density at radius 3 is 2.69 bits per heavy atom. The molecule has 0 saturated heterocycles. The Hall–Kier alpha value is -1.72. The van der Waals surface area contributed by atoms with Crippen molar-refractivity contribution in [2.75, 3.05) is 6.61 Å². The normalized spacial score (nSPS) is 36.5. The van der Waals surface area contributed by atoms with E-state index in [0.29, 0.717) is 36.5 Å². The maximum Gasteiger partial charge on any atom is 0.338 e. The Balaban J connectivity index is 1.43. The van der Waals surface area contributed by atoms with Crippen molar-refractivity contribution in [3.63, 3.8) is 0 Å². The molecule has 5 aliphatic carbocycles. The molecule has 3 nitrogen and oxygen atoms in total. The van der Waals surface area contributed by atoms with Crippen molar-refractivity contribution in [2.24, 2.45) is 23.2 Å². The van der Waals surface area contributed by atoms with Crippen LogP contribution in [-0.4, -0.2) is 23.6 Å². The summed E-state index contributed by atoms with van der Waals surface area (Å²) in [6.07, 6.45) is 4.25. The van der Waals surface area contributed by atoms with Gasteiger partial charge in [-0.15, -0.1) is 0 Å². The first kappa shape index (κ1) is 16.5. The Labute approximate surface area is 149 Å². The second kappa shape index (κ2) is 5.17. The van der Waals surface area contributed by atoms with Crippen LogP contribution in [0.25, 0.3) is 0 Å². The molecule has 0 amide bonds. The molecule has 6 heteroatoms. The topological polar surface area (TPSA) is 46.5 Å². The molecule has 1 N–H and O–H groups in total. The number of halogens is 3. The Kier molecular flexibility index (Phi) is 3.27. The minimum absolute atomic E-state index is 0.172. The Morgan fingerprint density at radius 2 is 2.00 bits per heavy atom. The average Bonchev–Trinajstić information content (AvgIpc) is 3.35. The zero-order valence-corrected chi connectivity index (χ0v) is 14.3. The van der Waals surface area contributed by atoms with Gasteiger partial charge in [-0.3, -0.25) is 0 Å². The summed E-state index contributed by atoms with van der Waals surface area (Å²) in [4.78, 5) is 11.2. The highest BCUT2D eigenvalue weighted by Crippen LogP contribution is 2.70. The number of carboxylic acid groups (broad SMARTS) is 1. The fraction of sp³-hybridized carbons (Fsp3) is 0.650. The Bertz CT molecular complexity index is 789. The summed E-state index contributed by atoms with van der Waals surface area (Å²) in [5.74, 6) is -5.07. The number of carbonyl (C=O) groups is 1. The van der Waals surface area contributed by atoms with Crippen molar-refractivity contribution in [2.45, 2.75) is 50.4 Å². The zero-order valence-electron chi connectivity index (χ0n) is 14.3. The van der Waals surface area contributed by atoms with Crippen LogP contribution in [0.2, 0.25) is 0 Å². The number of hydrogen-bond donors (Lipinski definition) is 1. The van der Waals surface area contributed by atoms with E-state index in [-0.39, 0.29) is 18.1 Å². The highest BCUT2D eigenvalue weighted by molar-refractivity contribution is 5.88. The third-order valence-corrected chi connectivity index (χ3v) is 7.15. The summed E-state index contributed by atoms with van der Waals surface area (Å²) in [6, 6.07) is 2.49. The molecule has 0 radical (unpaired) electrons. The van der Waals surface area contributed by atoms with E-state index < -0.39 is 35.0 Å².